The predicted octanol–water partition coefficient (Wildman–Crippen LogP) is 18.0. The Bertz CT molecular complexity index is 1570. The number of Topliss-reactive ketones (excluding diaryl/α,β-unsaturated/α-hetero) is 1. The zero-order valence-electron chi connectivity index (χ0n) is 41.0. The summed E-state index contributed by atoms with van der Waals surface area (Å²) in [6, 6.07) is 0. The molecule has 0 amide bonds. The standard InChI is InChI=1S/C13H22.3C11H18.C10H16O/c1-6-12-8-13(9(2)3)7-10(4)11(12)5;1-8-6-11(4,5)7-9(2)10(8)3;1-7-6-8(2)10(4)11(5)9(7)3;1-5-11-7-8(2)6-9(3)10(11)4;1-3-4-9-6-5-8(2)10(11)7-9/h9,13H,4,6-8H2,1-3,5H3;1,6-7H2,2-5H3;8,10H,1,6H2,2-5H3;8H,3,5-7H2,1-2,4H3;5,9H,3-4,6-7H2,1-2H3. The summed E-state index contributed by atoms with van der Waals surface area (Å²) in [6.45, 7) is 54.5. The van der Waals surface area contributed by atoms with E-state index in [1.807, 2.05) is 6.92 Å². The highest BCUT2D eigenvalue weighted by Crippen LogP contribution is 2.41. The summed E-state index contributed by atoms with van der Waals surface area (Å²) in [5.41, 5.74) is 19.0. The lowest BCUT2D eigenvalue weighted by atomic mass is 9.73. The molecule has 57 heavy (non-hydrogen) atoms. The fourth-order valence-electron chi connectivity index (χ4n) is 9.30. The number of rotatable bonds is 5. The van der Waals surface area contributed by atoms with Gasteiger partial charge in [0.1, 0.15) is 0 Å². The Balaban J connectivity index is 0.000000357. The van der Waals surface area contributed by atoms with E-state index in [-0.39, 0.29) is 0 Å². The molecule has 0 bridgehead atoms. The second-order valence-corrected chi connectivity index (χ2v) is 20.1. The summed E-state index contributed by atoms with van der Waals surface area (Å²) >= 11 is 0. The van der Waals surface area contributed by atoms with Gasteiger partial charge in [0.15, 0.2) is 5.78 Å². The van der Waals surface area contributed by atoms with Crippen LogP contribution in [0, 0.1) is 40.9 Å². The number of hydrogen-bond acceptors (Lipinski definition) is 1. The Morgan fingerprint density at radius 1 is 0.667 bits per heavy atom. The predicted molar refractivity (Wildman–Crippen MR) is 258 cm³/mol. The Kier molecular flexibility index (Phi) is 22.4. The number of carbonyl (C=O) groups is 1. The van der Waals surface area contributed by atoms with Gasteiger partial charge in [0.2, 0.25) is 0 Å². The highest BCUT2D eigenvalue weighted by Gasteiger charge is 2.26. The van der Waals surface area contributed by atoms with Gasteiger partial charge in [-0.2, -0.15) is 0 Å². The van der Waals surface area contributed by atoms with Gasteiger partial charge >= 0.3 is 0 Å². The first-order valence-corrected chi connectivity index (χ1v) is 23.0. The van der Waals surface area contributed by atoms with Gasteiger partial charge < -0.3 is 0 Å². The van der Waals surface area contributed by atoms with E-state index in [1.54, 1.807) is 11.1 Å². The first kappa shape index (κ1) is 52.3. The van der Waals surface area contributed by atoms with E-state index in [0.29, 0.717) is 17.1 Å². The minimum absolute atomic E-state index is 0.356. The lowest BCUT2D eigenvalue weighted by Gasteiger charge is -2.32. The van der Waals surface area contributed by atoms with E-state index in [2.05, 4.69) is 143 Å². The highest BCUT2D eigenvalue weighted by atomic mass is 16.1. The molecule has 5 rings (SSSR count). The molecule has 0 spiro atoms. The van der Waals surface area contributed by atoms with Gasteiger partial charge in [0.05, 0.1) is 0 Å². The van der Waals surface area contributed by atoms with E-state index in [1.165, 1.54) is 120 Å². The molecule has 0 saturated heterocycles. The van der Waals surface area contributed by atoms with Crippen molar-refractivity contribution in [2.24, 2.45) is 40.9 Å². The van der Waals surface area contributed by atoms with Crippen molar-refractivity contribution in [2.75, 3.05) is 0 Å². The van der Waals surface area contributed by atoms with Gasteiger partial charge in [0, 0.05) is 6.42 Å². The number of carbonyl (C=O) groups excluding carboxylic acids is 1. The highest BCUT2D eigenvalue weighted by molar-refractivity contribution is 5.95. The minimum Gasteiger partial charge on any atom is -0.295 e. The van der Waals surface area contributed by atoms with Gasteiger partial charge in [-0.05, 0) is 188 Å². The Morgan fingerprint density at radius 3 is 1.68 bits per heavy atom. The summed E-state index contributed by atoms with van der Waals surface area (Å²) in [5, 5.41) is 0. The molecule has 0 saturated carbocycles. The SMILES string of the molecule is C=C1CC(C(C)C)CC(CC)=C1C.C=C1CC(C)(C)CC(C)=C1C.C=C1CC(C)C(C)C(C)=C1C.C=C1CC(C)CC(CC)=C1C.CCCC1CC=C(C)C(=O)C1. The van der Waals surface area contributed by atoms with Crippen molar-refractivity contribution in [3.63, 3.8) is 0 Å². The molecule has 322 valence electrons. The van der Waals surface area contributed by atoms with Crippen molar-refractivity contribution >= 4 is 5.78 Å². The maximum atomic E-state index is 11.2. The van der Waals surface area contributed by atoms with Crippen LogP contribution in [0.15, 0.2) is 105 Å². The molecule has 0 aromatic carbocycles. The summed E-state index contributed by atoms with van der Waals surface area (Å²) in [5.74, 6) is 4.98. The molecule has 0 N–H and O–H groups in total. The molecule has 5 aliphatic carbocycles. The fraction of sp³-hybridized carbons (Fsp3) is 0.661. The lowest BCUT2D eigenvalue weighted by molar-refractivity contribution is -0.116. The van der Waals surface area contributed by atoms with Crippen LogP contribution in [0.4, 0.5) is 0 Å². The van der Waals surface area contributed by atoms with Crippen molar-refractivity contribution in [3.05, 3.63) is 105 Å². The summed E-state index contributed by atoms with van der Waals surface area (Å²) < 4.78 is 0. The molecule has 1 nitrogen and oxygen atoms in total. The summed E-state index contributed by atoms with van der Waals surface area (Å²) in [4.78, 5) is 11.2. The molecule has 1 heteroatoms. The van der Waals surface area contributed by atoms with Crippen LogP contribution in [0.25, 0.3) is 0 Å². The molecule has 0 fully saturated rings. The third kappa shape index (κ3) is 16.8. The van der Waals surface area contributed by atoms with Crippen LogP contribution in [0.2, 0.25) is 0 Å². The number of ketones is 1. The van der Waals surface area contributed by atoms with E-state index >= 15 is 0 Å². The second-order valence-electron chi connectivity index (χ2n) is 20.1. The average Bonchev–Trinajstić information content (AvgIpc) is 3.13. The molecule has 0 aromatic rings. The van der Waals surface area contributed by atoms with Crippen LogP contribution in [0.3, 0.4) is 0 Å². The Hall–Kier alpha value is -2.67. The summed E-state index contributed by atoms with van der Waals surface area (Å²) in [7, 11) is 0. The fourth-order valence-corrected chi connectivity index (χ4v) is 9.30. The van der Waals surface area contributed by atoms with Gasteiger partial charge in [0.25, 0.3) is 0 Å². The van der Waals surface area contributed by atoms with E-state index in [0.717, 1.165) is 54.4 Å². The van der Waals surface area contributed by atoms with Crippen LogP contribution >= 0.6 is 0 Å². The van der Waals surface area contributed by atoms with Crippen molar-refractivity contribution < 1.29 is 4.79 Å². The molecule has 0 aliphatic heterocycles. The zero-order valence-corrected chi connectivity index (χ0v) is 41.0. The lowest BCUT2D eigenvalue weighted by Crippen LogP contribution is -2.18. The van der Waals surface area contributed by atoms with Crippen LogP contribution < -0.4 is 0 Å². The third-order valence-electron chi connectivity index (χ3n) is 14.3. The zero-order chi connectivity index (χ0) is 43.9. The molecule has 5 unspecified atom stereocenters. The first-order valence-electron chi connectivity index (χ1n) is 23.0. The van der Waals surface area contributed by atoms with E-state index < -0.39 is 0 Å². The van der Waals surface area contributed by atoms with Crippen LogP contribution in [0.1, 0.15) is 201 Å². The second kappa shape index (κ2) is 24.4. The molecular formula is C56H92O. The molecule has 0 radical (unpaired) electrons. The van der Waals surface area contributed by atoms with Gasteiger partial charge in [-0.3, -0.25) is 4.79 Å². The number of allylic oxidation sites excluding steroid dienone is 14. The van der Waals surface area contributed by atoms with Crippen molar-refractivity contribution in [2.45, 2.75) is 201 Å². The maximum absolute atomic E-state index is 11.2. The van der Waals surface area contributed by atoms with Crippen LogP contribution in [-0.4, -0.2) is 5.78 Å². The van der Waals surface area contributed by atoms with Crippen LogP contribution in [-0.2, 0) is 4.79 Å². The van der Waals surface area contributed by atoms with Crippen molar-refractivity contribution in [3.8, 4) is 0 Å². The van der Waals surface area contributed by atoms with Gasteiger partial charge in [-0.15, -0.1) is 0 Å². The smallest absolute Gasteiger partial charge is 0.158 e. The largest absolute Gasteiger partial charge is 0.295 e. The van der Waals surface area contributed by atoms with Crippen LogP contribution in [0.5, 0.6) is 0 Å². The molecule has 0 heterocycles. The average molecular weight is 781 g/mol. The molecule has 5 atom stereocenters. The van der Waals surface area contributed by atoms with Gasteiger partial charge in [-0.1, -0.05) is 153 Å². The van der Waals surface area contributed by atoms with E-state index in [4.69, 9.17) is 0 Å². The van der Waals surface area contributed by atoms with Crippen molar-refractivity contribution in [1.29, 1.82) is 0 Å². The first-order chi connectivity index (χ1) is 26.4. The normalized spacial score (nSPS) is 26.5. The molecular weight excluding hydrogens is 689 g/mol. The Labute approximate surface area is 356 Å². The summed E-state index contributed by atoms with van der Waals surface area (Å²) in [6.07, 6.45) is 17.4. The number of hydrogen-bond donors (Lipinski definition) is 0. The van der Waals surface area contributed by atoms with Gasteiger partial charge in [-0.25, -0.2) is 0 Å². The molecule has 5 aliphatic rings. The Morgan fingerprint density at radius 2 is 1.19 bits per heavy atom. The third-order valence-corrected chi connectivity index (χ3v) is 14.3. The quantitative estimate of drug-likeness (QED) is 0.272. The minimum atomic E-state index is 0.356. The van der Waals surface area contributed by atoms with Crippen molar-refractivity contribution in [1.82, 2.24) is 0 Å². The molecule has 0 aromatic heterocycles. The topological polar surface area (TPSA) is 17.1 Å². The van der Waals surface area contributed by atoms with E-state index in [9.17, 15) is 4.79 Å². The maximum Gasteiger partial charge on any atom is 0.158 e. The monoisotopic (exact) mass is 781 g/mol.